The van der Waals surface area contributed by atoms with Crippen LogP contribution in [0.4, 0.5) is 11.4 Å². The quantitative estimate of drug-likeness (QED) is 0.839. The van der Waals surface area contributed by atoms with E-state index in [1.54, 1.807) is 0 Å². The van der Waals surface area contributed by atoms with Crippen molar-refractivity contribution in [3.05, 3.63) is 58.7 Å². The van der Waals surface area contributed by atoms with Crippen LogP contribution in [0, 0.1) is 6.92 Å². The molecule has 132 valence electrons. The summed E-state index contributed by atoms with van der Waals surface area (Å²) in [7, 11) is 0. The Bertz CT molecular complexity index is 776. The molecule has 2 nitrogen and oxygen atoms in total. The minimum atomic E-state index is 0.0462. The Kier molecular flexibility index (Phi) is 4.55. The fraction of sp³-hybridized carbons (Fsp3) is 0.455. The number of hydrogen-bond donors (Lipinski definition) is 1. The number of hydrogen-bond acceptors (Lipinski definition) is 3. The second-order valence-corrected chi connectivity index (χ2v) is 9.11. The van der Waals surface area contributed by atoms with Crippen LogP contribution in [0.5, 0.6) is 0 Å². The number of benzene rings is 2. The van der Waals surface area contributed by atoms with Crippen molar-refractivity contribution in [1.29, 1.82) is 0 Å². The van der Waals surface area contributed by atoms with E-state index < -0.39 is 0 Å². The average Bonchev–Trinajstić information content (AvgIpc) is 2.61. The van der Waals surface area contributed by atoms with Crippen molar-refractivity contribution in [2.45, 2.75) is 32.6 Å². The molecule has 2 aromatic carbocycles. The Morgan fingerprint density at radius 1 is 1.00 bits per heavy atom. The molecule has 2 aliphatic rings. The van der Waals surface area contributed by atoms with Gasteiger partial charge >= 0.3 is 0 Å². The van der Waals surface area contributed by atoms with Gasteiger partial charge in [-0.3, -0.25) is 0 Å². The summed E-state index contributed by atoms with van der Waals surface area (Å²) < 4.78 is 0. The number of fused-ring (bicyclic) bond motifs is 2. The van der Waals surface area contributed by atoms with Crippen LogP contribution < -0.4 is 5.32 Å². The Labute approximate surface area is 156 Å². The topological polar surface area (TPSA) is 15.3 Å². The van der Waals surface area contributed by atoms with Gasteiger partial charge in [0.15, 0.2) is 0 Å². The third-order valence-electron chi connectivity index (χ3n) is 5.70. The number of rotatable bonds is 3. The highest BCUT2D eigenvalue weighted by molar-refractivity contribution is 7.99. The molecule has 2 aromatic rings. The molecule has 1 saturated heterocycles. The number of thioether (sulfide) groups is 1. The molecule has 2 heterocycles. The first-order chi connectivity index (χ1) is 12.0. The van der Waals surface area contributed by atoms with Gasteiger partial charge in [0.2, 0.25) is 0 Å². The first-order valence-corrected chi connectivity index (χ1v) is 10.5. The monoisotopic (exact) mass is 352 g/mol. The van der Waals surface area contributed by atoms with Crippen LogP contribution in [0.3, 0.4) is 0 Å². The Balaban J connectivity index is 1.57. The van der Waals surface area contributed by atoms with Crippen LogP contribution in [0.25, 0.3) is 0 Å². The molecule has 0 aliphatic carbocycles. The lowest BCUT2D eigenvalue weighted by Crippen LogP contribution is -2.34. The highest BCUT2D eigenvalue weighted by Crippen LogP contribution is 2.45. The molecule has 0 saturated carbocycles. The van der Waals surface area contributed by atoms with Crippen molar-refractivity contribution in [2.75, 3.05) is 36.5 Å². The highest BCUT2D eigenvalue weighted by atomic mass is 32.2. The molecule has 0 atom stereocenters. The molecule has 0 amide bonds. The summed E-state index contributed by atoms with van der Waals surface area (Å²) in [5, 5.41) is 3.68. The summed E-state index contributed by atoms with van der Waals surface area (Å²) in [6, 6.07) is 13.8. The second-order valence-electron chi connectivity index (χ2n) is 7.88. The van der Waals surface area contributed by atoms with Gasteiger partial charge in [-0.1, -0.05) is 43.7 Å². The summed E-state index contributed by atoms with van der Waals surface area (Å²) in [4.78, 5) is 2.60. The van der Waals surface area contributed by atoms with Crippen LogP contribution in [-0.2, 0) is 11.8 Å². The maximum atomic E-state index is 3.68. The number of anilines is 2. The van der Waals surface area contributed by atoms with Gasteiger partial charge in [0.1, 0.15) is 0 Å². The zero-order valence-electron chi connectivity index (χ0n) is 15.6. The van der Waals surface area contributed by atoms with E-state index in [-0.39, 0.29) is 5.41 Å². The van der Waals surface area contributed by atoms with Gasteiger partial charge in [-0.15, -0.1) is 0 Å². The van der Waals surface area contributed by atoms with E-state index in [1.807, 2.05) is 0 Å². The Morgan fingerprint density at radius 2 is 1.80 bits per heavy atom. The SMILES string of the molecule is Cc1ccc2c(c1)C(C)(C)c1ccc(CCN3CCSCC3)cc1N2. The number of nitrogens with one attached hydrogen (secondary N) is 1. The Morgan fingerprint density at radius 3 is 2.60 bits per heavy atom. The van der Waals surface area contributed by atoms with Gasteiger partial charge in [-0.2, -0.15) is 11.8 Å². The molecule has 0 spiro atoms. The predicted molar refractivity (Wildman–Crippen MR) is 111 cm³/mol. The molecular weight excluding hydrogens is 324 g/mol. The van der Waals surface area contributed by atoms with E-state index >= 15 is 0 Å². The minimum Gasteiger partial charge on any atom is -0.355 e. The van der Waals surface area contributed by atoms with Gasteiger partial charge in [-0.05, 0) is 42.2 Å². The zero-order valence-corrected chi connectivity index (χ0v) is 16.4. The Hall–Kier alpha value is -1.45. The van der Waals surface area contributed by atoms with Gasteiger partial charge < -0.3 is 10.2 Å². The minimum absolute atomic E-state index is 0.0462. The summed E-state index contributed by atoms with van der Waals surface area (Å²) >= 11 is 2.08. The van der Waals surface area contributed by atoms with Gasteiger partial charge in [0.25, 0.3) is 0 Å². The number of aryl methyl sites for hydroxylation is 1. The molecule has 25 heavy (non-hydrogen) atoms. The van der Waals surface area contributed by atoms with Gasteiger partial charge in [-0.25, -0.2) is 0 Å². The van der Waals surface area contributed by atoms with Crippen molar-refractivity contribution in [2.24, 2.45) is 0 Å². The van der Waals surface area contributed by atoms with Crippen LogP contribution in [0.15, 0.2) is 36.4 Å². The van der Waals surface area contributed by atoms with Gasteiger partial charge in [0, 0.05) is 47.9 Å². The van der Waals surface area contributed by atoms with E-state index in [4.69, 9.17) is 0 Å². The number of nitrogens with zero attached hydrogens (tertiary/aromatic N) is 1. The third kappa shape index (κ3) is 3.32. The van der Waals surface area contributed by atoms with E-state index in [2.05, 4.69) is 79.1 Å². The molecule has 0 aromatic heterocycles. The van der Waals surface area contributed by atoms with Gasteiger partial charge in [0.05, 0.1) is 0 Å². The van der Waals surface area contributed by atoms with E-state index in [9.17, 15) is 0 Å². The lowest BCUT2D eigenvalue weighted by molar-refractivity contribution is 0.306. The first-order valence-electron chi connectivity index (χ1n) is 9.36. The van der Waals surface area contributed by atoms with Crippen molar-refractivity contribution in [3.63, 3.8) is 0 Å². The molecule has 1 fully saturated rings. The normalized spacial score (nSPS) is 19.0. The van der Waals surface area contributed by atoms with Crippen molar-refractivity contribution in [3.8, 4) is 0 Å². The molecule has 1 N–H and O–H groups in total. The van der Waals surface area contributed by atoms with Crippen molar-refractivity contribution in [1.82, 2.24) is 4.90 Å². The van der Waals surface area contributed by atoms with Crippen LogP contribution in [-0.4, -0.2) is 36.0 Å². The molecular formula is C22H28N2S. The third-order valence-corrected chi connectivity index (χ3v) is 6.64. The summed E-state index contributed by atoms with van der Waals surface area (Å²) in [6.45, 7) is 10.5. The fourth-order valence-electron chi connectivity index (χ4n) is 4.08. The van der Waals surface area contributed by atoms with E-state index in [1.165, 1.54) is 64.8 Å². The molecule has 0 bridgehead atoms. The van der Waals surface area contributed by atoms with E-state index in [0.29, 0.717) is 0 Å². The lowest BCUT2D eigenvalue weighted by Gasteiger charge is -2.36. The second kappa shape index (κ2) is 6.69. The van der Waals surface area contributed by atoms with E-state index in [0.717, 1.165) is 6.42 Å². The van der Waals surface area contributed by atoms with Crippen molar-refractivity contribution >= 4 is 23.1 Å². The maximum Gasteiger partial charge on any atom is 0.0428 e. The summed E-state index contributed by atoms with van der Waals surface area (Å²) in [5.41, 5.74) is 8.16. The highest BCUT2D eigenvalue weighted by Gasteiger charge is 2.32. The molecule has 2 aliphatic heterocycles. The largest absolute Gasteiger partial charge is 0.355 e. The molecule has 0 radical (unpaired) electrons. The first kappa shape index (κ1) is 17.0. The fourth-order valence-corrected chi connectivity index (χ4v) is 5.06. The molecule has 4 rings (SSSR count). The average molecular weight is 353 g/mol. The van der Waals surface area contributed by atoms with Crippen LogP contribution in [0.2, 0.25) is 0 Å². The summed E-state index contributed by atoms with van der Waals surface area (Å²) in [5.74, 6) is 2.58. The molecule has 0 unspecified atom stereocenters. The zero-order chi connectivity index (χ0) is 17.4. The summed E-state index contributed by atoms with van der Waals surface area (Å²) in [6.07, 6.45) is 1.14. The van der Waals surface area contributed by atoms with Crippen LogP contribution >= 0.6 is 11.8 Å². The lowest BCUT2D eigenvalue weighted by atomic mass is 9.73. The standard InChI is InChI=1S/C22H28N2S/c1-16-4-7-20-19(14-16)22(2,3)18-6-5-17(15-21(18)23-20)8-9-24-10-12-25-13-11-24/h4-7,14-15,23H,8-13H2,1-3H3. The van der Waals surface area contributed by atoms with Crippen LogP contribution in [0.1, 0.15) is 36.1 Å². The smallest absolute Gasteiger partial charge is 0.0428 e. The van der Waals surface area contributed by atoms with Crippen molar-refractivity contribution < 1.29 is 0 Å². The maximum absolute atomic E-state index is 3.68. The predicted octanol–water partition coefficient (Wildman–Crippen LogP) is 4.97. The molecule has 3 heteroatoms.